The summed E-state index contributed by atoms with van der Waals surface area (Å²) >= 11 is 7.60. The van der Waals surface area contributed by atoms with Crippen LogP contribution in [0.25, 0.3) is 0 Å². The predicted molar refractivity (Wildman–Crippen MR) is 102 cm³/mol. The van der Waals surface area contributed by atoms with Crippen molar-refractivity contribution in [2.24, 2.45) is 5.92 Å². The van der Waals surface area contributed by atoms with E-state index in [0.29, 0.717) is 0 Å². The van der Waals surface area contributed by atoms with Gasteiger partial charge in [0.25, 0.3) is 5.91 Å². The Kier molecular flexibility index (Phi) is 6.26. The second-order valence-corrected chi connectivity index (χ2v) is 9.65. The third kappa shape index (κ3) is 4.41. The SMILES string of the molecule is CC(C)C(NC(=O)c1ccc(Cl)c(S(=O)(=O)N(C)C)c1)c1cccs1. The number of carbonyl (C=O) groups excluding carboxylic acids is 1. The van der Waals surface area contributed by atoms with Gasteiger partial charge in [0.1, 0.15) is 4.90 Å². The van der Waals surface area contributed by atoms with Crippen LogP contribution in [0.5, 0.6) is 0 Å². The minimum absolute atomic E-state index is 0.0796. The van der Waals surface area contributed by atoms with Crippen molar-refractivity contribution in [2.45, 2.75) is 24.8 Å². The largest absolute Gasteiger partial charge is 0.344 e. The van der Waals surface area contributed by atoms with Crippen LogP contribution in [0.15, 0.2) is 40.6 Å². The first-order valence-electron chi connectivity index (χ1n) is 7.71. The highest BCUT2D eigenvalue weighted by molar-refractivity contribution is 7.89. The summed E-state index contributed by atoms with van der Waals surface area (Å²) in [5.74, 6) is -0.140. The Morgan fingerprint density at radius 2 is 1.92 bits per heavy atom. The number of hydrogen-bond acceptors (Lipinski definition) is 4. The lowest BCUT2D eigenvalue weighted by Crippen LogP contribution is -2.31. The molecule has 1 amide bonds. The highest BCUT2D eigenvalue weighted by Gasteiger charge is 2.24. The van der Waals surface area contributed by atoms with E-state index in [1.165, 1.54) is 32.3 Å². The number of carbonyl (C=O) groups is 1. The number of benzene rings is 1. The topological polar surface area (TPSA) is 66.5 Å². The number of nitrogens with zero attached hydrogens (tertiary/aromatic N) is 1. The zero-order valence-corrected chi connectivity index (χ0v) is 16.9. The molecule has 2 rings (SSSR count). The average Bonchev–Trinajstić information content (AvgIpc) is 3.06. The molecule has 0 aliphatic heterocycles. The molecule has 0 aliphatic rings. The molecule has 0 saturated heterocycles. The van der Waals surface area contributed by atoms with Crippen LogP contribution >= 0.6 is 22.9 Å². The Bertz CT molecular complexity index is 847. The van der Waals surface area contributed by atoms with E-state index in [-0.39, 0.29) is 33.3 Å². The lowest BCUT2D eigenvalue weighted by Gasteiger charge is -2.21. The fourth-order valence-corrected chi connectivity index (χ4v) is 4.64. The standard InChI is InChI=1S/C17H21ClN2O3S2/c1-11(2)16(14-6-5-9-24-14)19-17(21)12-7-8-13(18)15(10-12)25(22,23)20(3)4/h5-11,16H,1-4H3,(H,19,21). The molecule has 0 radical (unpaired) electrons. The molecule has 5 nitrogen and oxygen atoms in total. The van der Waals surface area contributed by atoms with Crippen molar-refractivity contribution in [1.29, 1.82) is 0 Å². The summed E-state index contributed by atoms with van der Waals surface area (Å²) in [4.78, 5) is 13.6. The summed E-state index contributed by atoms with van der Waals surface area (Å²) in [6.45, 7) is 4.04. The van der Waals surface area contributed by atoms with Gasteiger partial charge in [-0.1, -0.05) is 31.5 Å². The summed E-state index contributed by atoms with van der Waals surface area (Å²) in [6.07, 6.45) is 0. The number of thiophene rings is 1. The maximum atomic E-state index is 12.7. The Balaban J connectivity index is 2.34. The molecule has 1 N–H and O–H groups in total. The highest BCUT2D eigenvalue weighted by atomic mass is 35.5. The van der Waals surface area contributed by atoms with E-state index < -0.39 is 10.0 Å². The summed E-state index contributed by atoms with van der Waals surface area (Å²) in [6, 6.07) is 8.04. The van der Waals surface area contributed by atoms with Crippen LogP contribution in [0.3, 0.4) is 0 Å². The van der Waals surface area contributed by atoms with Gasteiger partial charge in [-0.05, 0) is 35.6 Å². The molecule has 1 aromatic carbocycles. The van der Waals surface area contributed by atoms with Gasteiger partial charge in [-0.15, -0.1) is 11.3 Å². The lowest BCUT2D eigenvalue weighted by molar-refractivity contribution is 0.0926. The van der Waals surface area contributed by atoms with Crippen LogP contribution in [0.1, 0.15) is 35.1 Å². The fraction of sp³-hybridized carbons (Fsp3) is 0.353. The van der Waals surface area contributed by atoms with E-state index in [0.717, 1.165) is 9.18 Å². The van der Waals surface area contributed by atoms with Crippen molar-refractivity contribution in [3.05, 3.63) is 51.2 Å². The highest BCUT2D eigenvalue weighted by Crippen LogP contribution is 2.28. The molecule has 1 atom stereocenters. The molecule has 2 aromatic rings. The number of halogens is 1. The summed E-state index contributed by atoms with van der Waals surface area (Å²) in [7, 11) is -0.887. The van der Waals surface area contributed by atoms with Gasteiger partial charge in [0.05, 0.1) is 11.1 Å². The van der Waals surface area contributed by atoms with Crippen LogP contribution in [0.4, 0.5) is 0 Å². The van der Waals surface area contributed by atoms with Crippen molar-refractivity contribution < 1.29 is 13.2 Å². The Hall–Kier alpha value is -1.41. The van der Waals surface area contributed by atoms with Crippen molar-refractivity contribution >= 4 is 38.9 Å². The van der Waals surface area contributed by atoms with Gasteiger partial charge < -0.3 is 5.32 Å². The maximum absolute atomic E-state index is 12.7. The molecule has 0 fully saturated rings. The molecule has 25 heavy (non-hydrogen) atoms. The van der Waals surface area contributed by atoms with Crippen LogP contribution in [-0.4, -0.2) is 32.7 Å². The van der Waals surface area contributed by atoms with Crippen molar-refractivity contribution in [2.75, 3.05) is 14.1 Å². The first-order valence-corrected chi connectivity index (χ1v) is 10.4. The van der Waals surface area contributed by atoms with Gasteiger partial charge >= 0.3 is 0 Å². The Labute approximate surface area is 157 Å². The monoisotopic (exact) mass is 400 g/mol. The van der Waals surface area contributed by atoms with Crippen molar-refractivity contribution in [3.63, 3.8) is 0 Å². The first-order chi connectivity index (χ1) is 11.6. The number of nitrogens with one attached hydrogen (secondary N) is 1. The molecule has 0 saturated carbocycles. The second-order valence-electron chi connectivity index (χ2n) is 6.14. The van der Waals surface area contributed by atoms with E-state index in [1.807, 2.05) is 31.4 Å². The van der Waals surface area contributed by atoms with Gasteiger partial charge in [-0.3, -0.25) is 4.79 Å². The minimum Gasteiger partial charge on any atom is -0.344 e. The normalized spacial score (nSPS) is 13.2. The van der Waals surface area contributed by atoms with Crippen LogP contribution in [0, 0.1) is 5.92 Å². The number of amides is 1. The van der Waals surface area contributed by atoms with E-state index in [9.17, 15) is 13.2 Å². The molecule has 1 aromatic heterocycles. The van der Waals surface area contributed by atoms with Crippen LogP contribution in [-0.2, 0) is 10.0 Å². The molecule has 0 aliphatic carbocycles. The summed E-state index contributed by atoms with van der Waals surface area (Å²) < 4.78 is 25.8. The zero-order chi connectivity index (χ0) is 18.8. The lowest BCUT2D eigenvalue weighted by atomic mass is 10.0. The maximum Gasteiger partial charge on any atom is 0.251 e. The molecule has 1 unspecified atom stereocenters. The van der Waals surface area contributed by atoms with E-state index in [1.54, 1.807) is 11.3 Å². The van der Waals surface area contributed by atoms with E-state index in [4.69, 9.17) is 11.6 Å². The summed E-state index contributed by atoms with van der Waals surface area (Å²) in [5.41, 5.74) is 0.257. The molecule has 136 valence electrons. The van der Waals surface area contributed by atoms with Gasteiger partial charge in [0.2, 0.25) is 10.0 Å². The average molecular weight is 401 g/mol. The molecule has 0 spiro atoms. The predicted octanol–water partition coefficient (Wildman–Crippen LogP) is 3.78. The van der Waals surface area contributed by atoms with E-state index in [2.05, 4.69) is 5.32 Å². The molecule has 8 heteroatoms. The Morgan fingerprint density at radius 3 is 2.44 bits per heavy atom. The number of rotatable bonds is 6. The third-order valence-corrected chi connectivity index (χ3v) is 7.01. The molecular formula is C17H21ClN2O3S2. The van der Waals surface area contributed by atoms with Gasteiger partial charge in [-0.25, -0.2) is 12.7 Å². The molecular weight excluding hydrogens is 380 g/mol. The van der Waals surface area contributed by atoms with Gasteiger partial charge in [-0.2, -0.15) is 0 Å². The van der Waals surface area contributed by atoms with Crippen molar-refractivity contribution in [1.82, 2.24) is 9.62 Å². The minimum atomic E-state index is -3.73. The zero-order valence-electron chi connectivity index (χ0n) is 14.5. The third-order valence-electron chi connectivity index (χ3n) is 3.75. The van der Waals surface area contributed by atoms with Crippen LogP contribution < -0.4 is 5.32 Å². The van der Waals surface area contributed by atoms with Crippen LogP contribution in [0.2, 0.25) is 5.02 Å². The Morgan fingerprint density at radius 1 is 1.24 bits per heavy atom. The van der Waals surface area contributed by atoms with Crippen molar-refractivity contribution in [3.8, 4) is 0 Å². The van der Waals surface area contributed by atoms with E-state index >= 15 is 0 Å². The number of sulfonamides is 1. The van der Waals surface area contributed by atoms with Gasteiger partial charge in [0, 0.05) is 24.5 Å². The molecule has 1 heterocycles. The number of hydrogen-bond donors (Lipinski definition) is 1. The summed E-state index contributed by atoms with van der Waals surface area (Å²) in [5, 5.41) is 5.03. The van der Waals surface area contributed by atoms with Gasteiger partial charge in [0.15, 0.2) is 0 Å². The fourth-order valence-electron chi connectivity index (χ4n) is 2.30. The quantitative estimate of drug-likeness (QED) is 0.802. The second kappa shape index (κ2) is 7.86. The first kappa shape index (κ1) is 19.9. The smallest absolute Gasteiger partial charge is 0.251 e. The molecule has 0 bridgehead atoms.